The molecule has 3 aromatic heterocycles. The van der Waals surface area contributed by atoms with Crippen LogP contribution in [0.3, 0.4) is 0 Å². The van der Waals surface area contributed by atoms with Crippen molar-refractivity contribution in [3.63, 3.8) is 0 Å². The van der Waals surface area contributed by atoms with Gasteiger partial charge in [0.15, 0.2) is 19.7 Å². The smallest absolute Gasteiger partial charge is 0.238 e. The van der Waals surface area contributed by atoms with E-state index in [4.69, 9.17) is 15.0 Å². The number of fused-ring (bicyclic) bond motifs is 6. The maximum Gasteiger partial charge on any atom is 0.238 e. The minimum absolute atomic E-state index is 0.103. The summed E-state index contributed by atoms with van der Waals surface area (Å²) in [5.74, 6) is 1.82. The van der Waals surface area contributed by atoms with Crippen LogP contribution in [0, 0.1) is 6.92 Å². The summed E-state index contributed by atoms with van der Waals surface area (Å²) in [7, 11) is -2.87. The van der Waals surface area contributed by atoms with Gasteiger partial charge in [-0.2, -0.15) is 9.97 Å². The molecular weight excluding hydrogens is 891 g/mol. The van der Waals surface area contributed by atoms with E-state index in [1.54, 1.807) is 0 Å². The van der Waals surface area contributed by atoms with Crippen LogP contribution in [0.5, 0.6) is 0 Å². The zero-order valence-corrected chi connectivity index (χ0v) is 43.0. The fraction of sp³-hybridized carbons (Fsp3) is 0.136. The molecule has 0 amide bonds. The topological polar surface area (TPSA) is 48.5 Å². The van der Waals surface area contributed by atoms with Gasteiger partial charge in [-0.25, -0.2) is 4.98 Å². The third-order valence-corrected chi connectivity index (χ3v) is 19.4. The molecular formula is C66H57N5Si. The van der Waals surface area contributed by atoms with Crippen molar-refractivity contribution in [3.8, 4) is 34.4 Å². The summed E-state index contributed by atoms with van der Waals surface area (Å²) < 4.78 is 4.76. The van der Waals surface area contributed by atoms with Gasteiger partial charge in [0.05, 0.1) is 22.1 Å². The minimum Gasteiger partial charge on any atom is -0.309 e. The number of aryl methyl sites for hydroxylation is 1. The van der Waals surface area contributed by atoms with Crippen LogP contribution in [-0.4, -0.2) is 32.2 Å². The lowest BCUT2D eigenvalue weighted by Gasteiger charge is -2.34. The van der Waals surface area contributed by atoms with Crippen molar-refractivity contribution >= 4 is 72.4 Å². The van der Waals surface area contributed by atoms with Gasteiger partial charge in [-0.15, -0.1) is 0 Å². The van der Waals surface area contributed by atoms with E-state index in [0.717, 1.165) is 33.2 Å². The molecule has 0 aliphatic heterocycles. The van der Waals surface area contributed by atoms with Crippen LogP contribution in [0.4, 0.5) is 0 Å². The molecule has 0 radical (unpaired) electrons. The second kappa shape index (κ2) is 17.3. The van der Waals surface area contributed by atoms with E-state index in [9.17, 15) is 0 Å². The van der Waals surface area contributed by atoms with Crippen LogP contribution in [-0.2, 0) is 10.8 Å². The summed E-state index contributed by atoms with van der Waals surface area (Å²) in [6.45, 7) is 16.1. The van der Waals surface area contributed by atoms with Gasteiger partial charge < -0.3 is 4.57 Å². The normalized spacial score (nSPS) is 12.4. The Balaban J connectivity index is 1.16. The standard InChI is InChI=1S/C66H57N5Si/c1-44-35-37-59-54(39-44)53-33-20-21-34-58(53)70(59)48-36-38-60-55(43-48)56-41-47(65(2,3)4)42-57(66(5,6)7)61(56)71(60)64-68-62(45-23-12-8-13-24-45)67-63(69-64)46-25-22-32-52(40-46)72(49-26-14-9-15-27-49,50-28-16-10-17-29-50)51-30-18-11-19-31-51/h8-43H,1-7H3. The first kappa shape index (κ1) is 45.0. The Kier molecular flexibility index (Phi) is 10.8. The van der Waals surface area contributed by atoms with Crippen LogP contribution in [0.15, 0.2) is 218 Å². The van der Waals surface area contributed by atoms with Gasteiger partial charge in [-0.3, -0.25) is 4.57 Å². The lowest BCUT2D eigenvalue weighted by molar-refractivity contribution is 0.572. The Morgan fingerprint density at radius 1 is 0.375 bits per heavy atom. The van der Waals surface area contributed by atoms with Gasteiger partial charge in [0.2, 0.25) is 5.95 Å². The predicted octanol–water partition coefficient (Wildman–Crippen LogP) is 13.7. The Morgan fingerprint density at radius 3 is 1.51 bits per heavy atom. The Bertz CT molecular complexity index is 3900. The number of rotatable bonds is 8. The molecule has 0 spiro atoms. The third-order valence-electron chi connectivity index (χ3n) is 14.6. The summed E-state index contributed by atoms with van der Waals surface area (Å²) in [6.07, 6.45) is 0. The highest BCUT2D eigenvalue weighted by atomic mass is 28.3. The van der Waals surface area contributed by atoms with Gasteiger partial charge >= 0.3 is 0 Å². The van der Waals surface area contributed by atoms with E-state index < -0.39 is 8.07 Å². The molecule has 72 heavy (non-hydrogen) atoms. The highest BCUT2D eigenvalue weighted by molar-refractivity contribution is 7.19. The molecule has 0 fully saturated rings. The fourth-order valence-corrected chi connectivity index (χ4v) is 15.9. The Hall–Kier alpha value is -8.19. The van der Waals surface area contributed by atoms with Crippen molar-refractivity contribution in [2.75, 3.05) is 0 Å². The largest absolute Gasteiger partial charge is 0.309 e. The lowest BCUT2D eigenvalue weighted by atomic mass is 9.79. The number of para-hydroxylation sites is 1. The summed E-state index contributed by atoms with van der Waals surface area (Å²) in [4.78, 5) is 16.5. The van der Waals surface area contributed by atoms with Gasteiger partial charge in [0, 0.05) is 38.4 Å². The van der Waals surface area contributed by atoms with Gasteiger partial charge in [-0.05, 0) is 92.1 Å². The van der Waals surface area contributed by atoms with E-state index in [-0.39, 0.29) is 10.8 Å². The monoisotopic (exact) mass is 947 g/mol. The molecule has 5 nitrogen and oxygen atoms in total. The maximum absolute atomic E-state index is 5.62. The summed E-state index contributed by atoms with van der Waals surface area (Å²) >= 11 is 0. The first-order valence-corrected chi connectivity index (χ1v) is 27.1. The van der Waals surface area contributed by atoms with Crippen molar-refractivity contribution in [2.24, 2.45) is 0 Å². The number of benzene rings is 9. The van der Waals surface area contributed by atoms with E-state index in [0.29, 0.717) is 17.6 Å². The lowest BCUT2D eigenvalue weighted by Crippen LogP contribution is -2.74. The van der Waals surface area contributed by atoms with Gasteiger partial charge in [-0.1, -0.05) is 223 Å². The third kappa shape index (κ3) is 7.48. The van der Waals surface area contributed by atoms with Gasteiger partial charge in [0.25, 0.3) is 0 Å². The molecule has 0 saturated carbocycles. The highest BCUT2D eigenvalue weighted by Crippen LogP contribution is 2.43. The Morgan fingerprint density at radius 2 is 0.889 bits per heavy atom. The molecule has 0 unspecified atom stereocenters. The highest BCUT2D eigenvalue weighted by Gasteiger charge is 2.41. The van der Waals surface area contributed by atoms with Crippen molar-refractivity contribution in [1.82, 2.24) is 24.1 Å². The molecule has 9 aromatic carbocycles. The van der Waals surface area contributed by atoms with Crippen molar-refractivity contribution < 1.29 is 0 Å². The van der Waals surface area contributed by atoms with Gasteiger partial charge in [0.1, 0.15) is 0 Å². The second-order valence-corrected chi connectivity index (χ2v) is 25.2. The van der Waals surface area contributed by atoms with E-state index in [1.165, 1.54) is 64.6 Å². The molecule has 0 aliphatic carbocycles. The van der Waals surface area contributed by atoms with Crippen molar-refractivity contribution in [3.05, 3.63) is 235 Å². The number of hydrogen-bond acceptors (Lipinski definition) is 3. The van der Waals surface area contributed by atoms with Crippen LogP contribution in [0.2, 0.25) is 0 Å². The van der Waals surface area contributed by atoms with E-state index in [1.807, 2.05) is 6.07 Å². The molecule has 3 heterocycles. The fourth-order valence-electron chi connectivity index (χ4n) is 11.1. The van der Waals surface area contributed by atoms with E-state index in [2.05, 4.69) is 270 Å². The first-order chi connectivity index (χ1) is 34.9. The molecule has 12 rings (SSSR count). The summed E-state index contributed by atoms with van der Waals surface area (Å²) in [5, 5.41) is 10.0. The summed E-state index contributed by atoms with van der Waals surface area (Å²) in [6, 6.07) is 80.0. The molecule has 0 atom stereocenters. The van der Waals surface area contributed by atoms with Crippen molar-refractivity contribution in [1.29, 1.82) is 0 Å². The Labute approximate surface area is 423 Å². The molecule has 0 bridgehead atoms. The molecule has 6 heteroatoms. The zero-order valence-electron chi connectivity index (χ0n) is 42.0. The molecule has 0 saturated heterocycles. The van der Waals surface area contributed by atoms with Crippen LogP contribution in [0.1, 0.15) is 58.2 Å². The van der Waals surface area contributed by atoms with Crippen LogP contribution in [0.25, 0.3) is 78.0 Å². The first-order valence-electron chi connectivity index (χ1n) is 25.1. The number of aromatic nitrogens is 5. The van der Waals surface area contributed by atoms with Crippen molar-refractivity contribution in [2.45, 2.75) is 59.3 Å². The molecule has 0 aliphatic rings. The van der Waals surface area contributed by atoms with E-state index >= 15 is 0 Å². The average Bonchev–Trinajstić information content (AvgIpc) is 3.91. The predicted molar refractivity (Wildman–Crippen MR) is 305 cm³/mol. The number of nitrogens with zero attached hydrogens (tertiary/aromatic N) is 5. The minimum atomic E-state index is -2.87. The molecule has 350 valence electrons. The van der Waals surface area contributed by atoms with Crippen LogP contribution < -0.4 is 20.7 Å². The second-order valence-electron chi connectivity index (χ2n) is 21.4. The zero-order chi connectivity index (χ0) is 49.4. The SMILES string of the molecule is Cc1ccc2c(c1)c1ccccc1n2-c1ccc2c(c1)c1cc(C(C)(C)C)cc(C(C)(C)C)c1n2-c1nc(-c2ccccc2)nc(-c2cccc([Si](c3ccccc3)(c3ccccc3)c3ccccc3)c2)n1. The molecule has 0 N–H and O–H groups in total. The number of hydrogen-bond donors (Lipinski definition) is 0. The summed E-state index contributed by atoms with van der Waals surface area (Å²) in [5.41, 5.74) is 10.9. The maximum atomic E-state index is 5.62. The quantitative estimate of drug-likeness (QED) is 0.113. The van der Waals surface area contributed by atoms with Crippen LogP contribution >= 0.6 is 0 Å². The average molecular weight is 948 g/mol. The molecule has 12 aromatic rings.